The molecule has 1 aliphatic heterocycles. The molecule has 0 unspecified atom stereocenters. The normalized spacial score (nSPS) is 27.4. The Balaban J connectivity index is 1.61. The van der Waals surface area contributed by atoms with Crippen molar-refractivity contribution in [1.82, 2.24) is 4.90 Å². The Kier molecular flexibility index (Phi) is 5.97. The summed E-state index contributed by atoms with van der Waals surface area (Å²) in [6.07, 6.45) is 1.78. The van der Waals surface area contributed by atoms with Crippen LogP contribution in [0.15, 0.2) is 48.5 Å². The van der Waals surface area contributed by atoms with Gasteiger partial charge in [-0.1, -0.05) is 30.3 Å². The number of benzene rings is 2. The van der Waals surface area contributed by atoms with Crippen molar-refractivity contribution < 1.29 is 19.0 Å². The predicted molar refractivity (Wildman–Crippen MR) is 114 cm³/mol. The third kappa shape index (κ3) is 4.15. The molecule has 0 radical (unpaired) electrons. The molecular formula is C25H27FN2O3. The Morgan fingerprint density at radius 2 is 2.10 bits per heavy atom. The number of hydrogen-bond donors (Lipinski definition) is 1. The molecule has 1 aliphatic carbocycles. The number of carbonyl (C=O) groups is 1. The molecule has 4 rings (SSSR count). The van der Waals surface area contributed by atoms with Crippen LogP contribution in [0.5, 0.6) is 5.75 Å². The summed E-state index contributed by atoms with van der Waals surface area (Å²) in [5, 5.41) is 21.2. The summed E-state index contributed by atoms with van der Waals surface area (Å²) in [5.74, 6) is 0.198. The molecular weight excluding hydrogens is 395 g/mol. The summed E-state index contributed by atoms with van der Waals surface area (Å²) in [6.45, 7) is 0.977. The highest BCUT2D eigenvalue weighted by Crippen LogP contribution is 2.52. The molecule has 4 atom stereocenters. The number of methoxy groups -OCH3 is 1. The van der Waals surface area contributed by atoms with Crippen molar-refractivity contribution >= 4 is 5.91 Å². The number of halogens is 1. The van der Waals surface area contributed by atoms with Crippen LogP contribution in [0.25, 0.3) is 0 Å². The third-order valence-corrected chi connectivity index (χ3v) is 6.84. The van der Waals surface area contributed by atoms with Gasteiger partial charge in [0.05, 0.1) is 25.2 Å². The number of carbonyl (C=O) groups excluding carboxylic acids is 1. The van der Waals surface area contributed by atoms with Crippen molar-refractivity contribution in [2.24, 2.45) is 17.8 Å². The van der Waals surface area contributed by atoms with Crippen molar-refractivity contribution in [2.45, 2.75) is 31.3 Å². The maximum atomic E-state index is 13.5. The maximum Gasteiger partial charge on any atom is 0.227 e. The average Bonchev–Trinajstić information content (AvgIpc) is 3.19. The number of nitriles is 1. The molecule has 1 heterocycles. The molecule has 1 saturated carbocycles. The smallest absolute Gasteiger partial charge is 0.227 e. The van der Waals surface area contributed by atoms with E-state index in [9.17, 15) is 19.6 Å². The van der Waals surface area contributed by atoms with Gasteiger partial charge in [-0.25, -0.2) is 4.39 Å². The van der Waals surface area contributed by atoms with Crippen molar-refractivity contribution in [2.75, 3.05) is 20.2 Å². The molecule has 0 bridgehead atoms. The van der Waals surface area contributed by atoms with Gasteiger partial charge in [0.25, 0.3) is 0 Å². The first-order chi connectivity index (χ1) is 14.9. The zero-order valence-corrected chi connectivity index (χ0v) is 17.6. The highest BCUT2D eigenvalue weighted by atomic mass is 19.1. The summed E-state index contributed by atoms with van der Waals surface area (Å²) in [5.41, 5.74) is 0.182. The van der Waals surface area contributed by atoms with E-state index in [-0.39, 0.29) is 35.9 Å². The zero-order valence-electron chi connectivity index (χ0n) is 17.6. The van der Waals surface area contributed by atoms with Gasteiger partial charge in [0, 0.05) is 31.0 Å². The summed E-state index contributed by atoms with van der Waals surface area (Å²) in [6, 6.07) is 15.8. The van der Waals surface area contributed by atoms with E-state index in [4.69, 9.17) is 4.74 Å². The third-order valence-electron chi connectivity index (χ3n) is 6.84. The highest BCUT2D eigenvalue weighted by molar-refractivity contribution is 5.79. The number of likely N-dealkylation sites (tertiary alicyclic amines) is 1. The molecule has 2 aromatic rings. The number of rotatable bonds is 5. The molecule has 6 heteroatoms. The van der Waals surface area contributed by atoms with Gasteiger partial charge >= 0.3 is 0 Å². The summed E-state index contributed by atoms with van der Waals surface area (Å²) >= 11 is 0. The Bertz CT molecular complexity index is 1000. The quantitative estimate of drug-likeness (QED) is 0.798. The van der Waals surface area contributed by atoms with E-state index < -0.39 is 5.60 Å². The molecule has 2 aromatic carbocycles. The number of aliphatic hydroxyl groups is 1. The molecule has 2 fully saturated rings. The SMILES string of the molecule is COc1ccccc1[C@]1(O)C[C@H](CC#N)C[C@H]2CN(C(=O)Cc3cccc(F)c3)C[C@H]21. The Morgan fingerprint density at radius 1 is 1.29 bits per heavy atom. The Hall–Kier alpha value is -2.91. The number of fused-ring (bicyclic) bond motifs is 1. The van der Waals surface area contributed by atoms with Crippen LogP contribution in [0.4, 0.5) is 4.39 Å². The molecule has 162 valence electrons. The van der Waals surface area contributed by atoms with Crippen molar-refractivity contribution in [3.8, 4) is 11.8 Å². The van der Waals surface area contributed by atoms with Crippen LogP contribution in [0.3, 0.4) is 0 Å². The lowest BCUT2D eigenvalue weighted by Gasteiger charge is -2.45. The Morgan fingerprint density at radius 3 is 2.84 bits per heavy atom. The number of ether oxygens (including phenoxy) is 1. The lowest BCUT2D eigenvalue weighted by atomic mass is 9.63. The molecule has 0 spiro atoms. The van der Waals surface area contributed by atoms with Gasteiger partial charge in [0.2, 0.25) is 5.91 Å². The first kappa shape index (κ1) is 21.3. The van der Waals surface area contributed by atoms with Crippen LogP contribution in [-0.4, -0.2) is 36.1 Å². The number of amides is 1. The lowest BCUT2D eigenvalue weighted by Crippen LogP contribution is -2.46. The van der Waals surface area contributed by atoms with E-state index in [0.717, 1.165) is 12.0 Å². The van der Waals surface area contributed by atoms with E-state index in [1.807, 2.05) is 24.3 Å². The highest BCUT2D eigenvalue weighted by Gasteiger charge is 2.53. The van der Waals surface area contributed by atoms with E-state index >= 15 is 0 Å². The van der Waals surface area contributed by atoms with Crippen LogP contribution in [0, 0.1) is 34.9 Å². The van der Waals surface area contributed by atoms with Crippen molar-refractivity contribution in [1.29, 1.82) is 5.26 Å². The molecule has 5 nitrogen and oxygen atoms in total. The van der Waals surface area contributed by atoms with Gasteiger partial charge in [0.15, 0.2) is 0 Å². The predicted octanol–water partition coefficient (Wildman–Crippen LogP) is 3.66. The van der Waals surface area contributed by atoms with Crippen LogP contribution in [-0.2, 0) is 16.8 Å². The number of nitrogens with zero attached hydrogens (tertiary/aromatic N) is 2. The number of hydrogen-bond acceptors (Lipinski definition) is 4. The lowest BCUT2D eigenvalue weighted by molar-refractivity contribution is -0.130. The summed E-state index contributed by atoms with van der Waals surface area (Å²) < 4.78 is 19.0. The average molecular weight is 423 g/mol. The second kappa shape index (κ2) is 8.68. The topological polar surface area (TPSA) is 73.6 Å². The fraction of sp³-hybridized carbons (Fsp3) is 0.440. The van der Waals surface area contributed by atoms with Gasteiger partial charge in [-0.05, 0) is 48.4 Å². The molecule has 1 N–H and O–H groups in total. The largest absolute Gasteiger partial charge is 0.496 e. The van der Waals surface area contributed by atoms with Crippen LogP contribution in [0.2, 0.25) is 0 Å². The van der Waals surface area contributed by atoms with Crippen molar-refractivity contribution in [3.63, 3.8) is 0 Å². The maximum absolute atomic E-state index is 13.5. The fourth-order valence-electron chi connectivity index (χ4n) is 5.49. The van der Waals surface area contributed by atoms with Gasteiger partial charge < -0.3 is 14.7 Å². The minimum absolute atomic E-state index is 0.0550. The summed E-state index contributed by atoms with van der Waals surface area (Å²) in [4.78, 5) is 14.8. The second-order valence-corrected chi connectivity index (χ2v) is 8.76. The van der Waals surface area contributed by atoms with Gasteiger partial charge in [-0.2, -0.15) is 5.26 Å². The van der Waals surface area contributed by atoms with E-state index in [1.54, 1.807) is 24.1 Å². The number of para-hydroxylation sites is 1. The second-order valence-electron chi connectivity index (χ2n) is 8.76. The standard InChI is InChI=1S/C25H27FN2O3/c1-31-23-8-3-2-7-21(23)25(30)14-18(9-10-27)11-19-15-28(16-22(19)25)24(29)13-17-5-4-6-20(26)12-17/h2-8,12,18-19,22,30H,9,11,13-16H2,1H3/t18-,19+,22-,25-/m1/s1. The van der Waals surface area contributed by atoms with Crippen LogP contribution in [0.1, 0.15) is 30.4 Å². The first-order valence-electron chi connectivity index (χ1n) is 10.7. The minimum atomic E-state index is -1.18. The summed E-state index contributed by atoms with van der Waals surface area (Å²) in [7, 11) is 1.58. The Labute approximate surface area is 182 Å². The van der Waals surface area contributed by atoms with Crippen LogP contribution < -0.4 is 4.74 Å². The molecule has 0 aromatic heterocycles. The van der Waals surface area contributed by atoms with E-state index in [0.29, 0.717) is 37.2 Å². The molecule has 1 amide bonds. The fourth-order valence-corrected chi connectivity index (χ4v) is 5.49. The molecule has 2 aliphatic rings. The monoisotopic (exact) mass is 422 g/mol. The van der Waals surface area contributed by atoms with Crippen molar-refractivity contribution in [3.05, 3.63) is 65.5 Å². The van der Waals surface area contributed by atoms with Crippen LogP contribution >= 0.6 is 0 Å². The first-order valence-corrected chi connectivity index (χ1v) is 10.7. The van der Waals surface area contributed by atoms with Gasteiger partial charge in [0.1, 0.15) is 11.6 Å². The zero-order chi connectivity index (χ0) is 22.0. The van der Waals surface area contributed by atoms with Gasteiger partial charge in [-0.15, -0.1) is 0 Å². The molecule has 1 saturated heterocycles. The molecule has 31 heavy (non-hydrogen) atoms. The van der Waals surface area contributed by atoms with E-state index in [2.05, 4.69) is 6.07 Å². The minimum Gasteiger partial charge on any atom is -0.496 e. The van der Waals surface area contributed by atoms with Gasteiger partial charge in [-0.3, -0.25) is 4.79 Å². The van der Waals surface area contributed by atoms with E-state index in [1.165, 1.54) is 12.1 Å².